The summed E-state index contributed by atoms with van der Waals surface area (Å²) in [4.78, 5) is 12.7. The highest BCUT2D eigenvalue weighted by Gasteiger charge is 2.07. The van der Waals surface area contributed by atoms with E-state index in [9.17, 15) is 4.79 Å². The van der Waals surface area contributed by atoms with Crippen LogP contribution in [0, 0.1) is 6.92 Å². The van der Waals surface area contributed by atoms with E-state index >= 15 is 0 Å². The molecule has 0 bridgehead atoms. The third kappa shape index (κ3) is 7.30. The zero-order valence-corrected chi connectivity index (χ0v) is 16.8. The normalized spacial score (nSPS) is 11.3. The molecule has 0 aliphatic rings. The summed E-state index contributed by atoms with van der Waals surface area (Å²) in [5, 5.41) is 3.40. The number of carbonyl (C=O) groups excluding carboxylic acids is 1. The van der Waals surface area contributed by atoms with Gasteiger partial charge in [-0.25, -0.2) is 0 Å². The third-order valence-corrected chi connectivity index (χ3v) is 4.37. The number of unbranched alkanes of at least 4 members (excludes halogenated alkanes) is 2. The van der Waals surface area contributed by atoms with Crippen LogP contribution in [-0.4, -0.2) is 12.4 Å². The lowest BCUT2D eigenvalue weighted by molar-refractivity contribution is 0.104. The number of benzene rings is 2. The second-order valence-electron chi connectivity index (χ2n) is 6.85. The van der Waals surface area contributed by atoms with Crippen LogP contribution in [-0.2, 0) is 0 Å². The zero-order chi connectivity index (χ0) is 19.5. The SMILES string of the molecule is CCCCOc1ccc(C(=O)/C=C(\CCCC)Nc2ccc(C)cc2)cc1. The largest absolute Gasteiger partial charge is 0.494 e. The summed E-state index contributed by atoms with van der Waals surface area (Å²) >= 11 is 0. The number of ether oxygens (including phenoxy) is 1. The number of hydrogen-bond donors (Lipinski definition) is 1. The highest BCUT2D eigenvalue weighted by Crippen LogP contribution is 2.18. The summed E-state index contributed by atoms with van der Waals surface area (Å²) in [6, 6.07) is 15.6. The Morgan fingerprint density at radius 3 is 2.26 bits per heavy atom. The Bertz CT molecular complexity index is 730. The van der Waals surface area contributed by atoms with Crippen molar-refractivity contribution in [2.24, 2.45) is 0 Å². The van der Waals surface area contributed by atoms with Crippen molar-refractivity contribution in [1.82, 2.24) is 0 Å². The van der Waals surface area contributed by atoms with E-state index in [4.69, 9.17) is 4.74 Å². The topological polar surface area (TPSA) is 38.3 Å². The number of carbonyl (C=O) groups is 1. The van der Waals surface area contributed by atoms with Gasteiger partial charge in [-0.1, -0.05) is 44.4 Å². The smallest absolute Gasteiger partial charge is 0.187 e. The first-order chi connectivity index (χ1) is 13.1. The monoisotopic (exact) mass is 365 g/mol. The second kappa shape index (κ2) is 11.2. The average Bonchev–Trinajstić information content (AvgIpc) is 2.68. The fourth-order valence-electron chi connectivity index (χ4n) is 2.65. The highest BCUT2D eigenvalue weighted by atomic mass is 16.5. The van der Waals surface area contributed by atoms with Crippen LogP contribution in [0.4, 0.5) is 5.69 Å². The Hall–Kier alpha value is -2.55. The first-order valence-corrected chi connectivity index (χ1v) is 9.93. The number of aryl methyl sites for hydroxylation is 1. The zero-order valence-electron chi connectivity index (χ0n) is 16.8. The molecule has 0 aliphatic carbocycles. The van der Waals surface area contributed by atoms with E-state index in [0.717, 1.165) is 49.2 Å². The lowest BCUT2D eigenvalue weighted by Crippen LogP contribution is -2.05. The molecule has 0 saturated carbocycles. The third-order valence-electron chi connectivity index (χ3n) is 4.37. The molecule has 0 radical (unpaired) electrons. The number of allylic oxidation sites excluding steroid dienone is 2. The fourth-order valence-corrected chi connectivity index (χ4v) is 2.65. The average molecular weight is 366 g/mol. The van der Waals surface area contributed by atoms with Crippen molar-refractivity contribution in [2.45, 2.75) is 52.9 Å². The Labute approximate surface area is 163 Å². The molecule has 0 heterocycles. The van der Waals surface area contributed by atoms with Crippen molar-refractivity contribution >= 4 is 11.5 Å². The van der Waals surface area contributed by atoms with Crippen LogP contribution in [0.3, 0.4) is 0 Å². The van der Waals surface area contributed by atoms with Crippen LogP contribution in [0.15, 0.2) is 60.3 Å². The molecule has 144 valence electrons. The predicted octanol–water partition coefficient (Wildman–Crippen LogP) is 6.54. The molecule has 0 fully saturated rings. The van der Waals surface area contributed by atoms with Gasteiger partial charge in [0.2, 0.25) is 0 Å². The molecule has 0 atom stereocenters. The maximum absolute atomic E-state index is 12.7. The summed E-state index contributed by atoms with van der Waals surface area (Å²) in [7, 11) is 0. The molecule has 27 heavy (non-hydrogen) atoms. The van der Waals surface area contributed by atoms with Gasteiger partial charge in [0.15, 0.2) is 5.78 Å². The lowest BCUT2D eigenvalue weighted by Gasteiger charge is -2.11. The summed E-state index contributed by atoms with van der Waals surface area (Å²) < 4.78 is 5.66. The van der Waals surface area contributed by atoms with E-state index in [2.05, 4.69) is 38.2 Å². The van der Waals surface area contributed by atoms with Gasteiger partial charge < -0.3 is 10.1 Å². The van der Waals surface area contributed by atoms with E-state index in [1.165, 1.54) is 5.56 Å². The van der Waals surface area contributed by atoms with Crippen LogP contribution >= 0.6 is 0 Å². The van der Waals surface area contributed by atoms with Gasteiger partial charge in [-0.3, -0.25) is 4.79 Å². The minimum atomic E-state index is 0.0147. The predicted molar refractivity (Wildman–Crippen MR) is 114 cm³/mol. The van der Waals surface area contributed by atoms with E-state index in [0.29, 0.717) is 12.2 Å². The van der Waals surface area contributed by atoms with Crippen LogP contribution in [0.1, 0.15) is 61.9 Å². The molecular weight excluding hydrogens is 334 g/mol. The number of hydrogen-bond acceptors (Lipinski definition) is 3. The molecule has 0 amide bonds. The number of anilines is 1. The van der Waals surface area contributed by atoms with Crippen molar-refractivity contribution in [3.63, 3.8) is 0 Å². The van der Waals surface area contributed by atoms with Gasteiger partial charge in [0.05, 0.1) is 6.61 Å². The second-order valence-corrected chi connectivity index (χ2v) is 6.85. The molecule has 3 heteroatoms. The van der Waals surface area contributed by atoms with Crippen LogP contribution in [0.5, 0.6) is 5.75 Å². The number of nitrogens with one attached hydrogen (secondary N) is 1. The fraction of sp³-hybridized carbons (Fsp3) is 0.375. The quantitative estimate of drug-likeness (QED) is 0.279. The van der Waals surface area contributed by atoms with Crippen LogP contribution < -0.4 is 10.1 Å². The molecule has 2 rings (SSSR count). The standard InChI is InChI=1S/C24H31NO2/c1-4-6-8-22(25-21-13-9-19(3)10-14-21)18-24(26)20-11-15-23(16-12-20)27-17-7-5-2/h9-16,18,25H,4-8,17H2,1-3H3/b22-18+. The summed E-state index contributed by atoms with van der Waals surface area (Å²) in [6.45, 7) is 7.07. The van der Waals surface area contributed by atoms with E-state index in [1.807, 2.05) is 36.4 Å². The Kier molecular flexibility index (Phi) is 8.63. The Morgan fingerprint density at radius 2 is 1.63 bits per heavy atom. The molecule has 0 spiro atoms. The molecule has 2 aromatic carbocycles. The molecular formula is C24H31NO2. The number of rotatable bonds is 11. The minimum absolute atomic E-state index is 0.0147. The van der Waals surface area contributed by atoms with Gasteiger partial charge in [0.1, 0.15) is 5.75 Å². The molecule has 0 aliphatic heterocycles. The van der Waals surface area contributed by atoms with Crippen molar-refractivity contribution in [3.05, 3.63) is 71.4 Å². The highest BCUT2D eigenvalue weighted by molar-refractivity contribution is 6.05. The molecule has 0 aromatic heterocycles. The van der Waals surface area contributed by atoms with Gasteiger partial charge >= 0.3 is 0 Å². The molecule has 0 saturated heterocycles. The molecule has 2 aromatic rings. The first kappa shape index (κ1) is 20.8. The summed E-state index contributed by atoms with van der Waals surface area (Å²) in [6.07, 6.45) is 6.86. The van der Waals surface area contributed by atoms with Gasteiger partial charge in [0.25, 0.3) is 0 Å². The maximum Gasteiger partial charge on any atom is 0.187 e. The van der Waals surface area contributed by atoms with Crippen molar-refractivity contribution in [3.8, 4) is 5.75 Å². The summed E-state index contributed by atoms with van der Waals surface area (Å²) in [5.41, 5.74) is 3.86. The van der Waals surface area contributed by atoms with E-state index < -0.39 is 0 Å². The Morgan fingerprint density at radius 1 is 0.963 bits per heavy atom. The van der Waals surface area contributed by atoms with Gasteiger partial charge in [-0.2, -0.15) is 0 Å². The summed E-state index contributed by atoms with van der Waals surface area (Å²) in [5.74, 6) is 0.828. The van der Waals surface area contributed by atoms with Crippen LogP contribution in [0.2, 0.25) is 0 Å². The minimum Gasteiger partial charge on any atom is -0.494 e. The van der Waals surface area contributed by atoms with Crippen molar-refractivity contribution in [2.75, 3.05) is 11.9 Å². The molecule has 3 nitrogen and oxygen atoms in total. The lowest BCUT2D eigenvalue weighted by atomic mass is 10.1. The first-order valence-electron chi connectivity index (χ1n) is 9.93. The maximum atomic E-state index is 12.7. The van der Waals surface area contributed by atoms with E-state index in [1.54, 1.807) is 6.08 Å². The number of ketones is 1. The van der Waals surface area contributed by atoms with Crippen molar-refractivity contribution < 1.29 is 9.53 Å². The van der Waals surface area contributed by atoms with Crippen molar-refractivity contribution in [1.29, 1.82) is 0 Å². The van der Waals surface area contributed by atoms with E-state index in [-0.39, 0.29) is 5.78 Å². The van der Waals surface area contributed by atoms with Gasteiger partial charge in [-0.15, -0.1) is 0 Å². The Balaban J connectivity index is 2.07. The van der Waals surface area contributed by atoms with Gasteiger partial charge in [0, 0.05) is 23.0 Å². The molecule has 0 unspecified atom stereocenters. The molecule has 1 N–H and O–H groups in total. The van der Waals surface area contributed by atoms with Gasteiger partial charge in [-0.05, 0) is 62.6 Å². The van der Waals surface area contributed by atoms with Crippen LogP contribution in [0.25, 0.3) is 0 Å².